The quantitative estimate of drug-likeness (QED) is 0.246. The molecule has 2 aromatic carbocycles. The van der Waals surface area contributed by atoms with Crippen LogP contribution in [0.15, 0.2) is 60.8 Å². The average Bonchev–Trinajstić information content (AvgIpc) is 3.27. The van der Waals surface area contributed by atoms with Crippen LogP contribution in [0.5, 0.6) is 11.5 Å². The Morgan fingerprint density at radius 1 is 1.12 bits per heavy atom. The number of nitrogens with zero attached hydrogens (tertiary/aromatic N) is 1. The number of fused-ring (bicyclic) bond motifs is 1. The Kier molecular flexibility index (Phi) is 7.56. The molecular weight excluding hydrogens is 457 g/mol. The number of nitrogen functional groups attached to an aromatic ring is 1. The van der Waals surface area contributed by atoms with Crippen molar-refractivity contribution in [2.45, 2.75) is 6.42 Å². The number of nitrogens with one attached hydrogen (secondary N) is 1. The lowest BCUT2D eigenvalue weighted by Gasteiger charge is -2.08. The first-order valence-corrected chi connectivity index (χ1v) is 11.5. The van der Waals surface area contributed by atoms with Gasteiger partial charge in [0.2, 0.25) is 0 Å². The molecule has 0 saturated carbocycles. The number of hydrogen-bond acceptors (Lipinski definition) is 7. The first-order valence-electron chi connectivity index (χ1n) is 10.6. The molecule has 0 aliphatic carbocycles. The zero-order chi connectivity index (χ0) is 23.9. The van der Waals surface area contributed by atoms with Crippen LogP contribution in [0.1, 0.15) is 5.56 Å². The summed E-state index contributed by atoms with van der Waals surface area (Å²) in [6.45, 7) is 1.10. The van der Waals surface area contributed by atoms with Crippen LogP contribution in [0.3, 0.4) is 0 Å². The van der Waals surface area contributed by atoms with Gasteiger partial charge in [-0.1, -0.05) is 24.3 Å². The standard InChI is InChI=1S/C25H24FN3O4S/c1-31-12-10-29-25(30)32-11-8-16-3-2-4-17(13-16)23-15-20-24(34-23)22(7-9-28-20)33-21-6-5-18(27)14-19(21)26/h2-7,9,13-15H,8,10-12,27H2,1H3,(H,29,30). The van der Waals surface area contributed by atoms with E-state index in [0.29, 0.717) is 31.0 Å². The van der Waals surface area contributed by atoms with Gasteiger partial charge in [0.05, 0.1) is 23.4 Å². The Morgan fingerprint density at radius 3 is 2.82 bits per heavy atom. The Bertz CT molecular complexity index is 1290. The molecule has 4 aromatic rings. The SMILES string of the molecule is COCCNC(=O)OCCc1cccc(-c2cc3nccc(Oc4ccc(N)cc4F)c3s2)c1. The zero-order valence-corrected chi connectivity index (χ0v) is 19.4. The van der Waals surface area contributed by atoms with Crippen LogP contribution in [-0.2, 0) is 15.9 Å². The van der Waals surface area contributed by atoms with E-state index in [4.69, 9.17) is 19.9 Å². The number of methoxy groups -OCH3 is 1. The van der Waals surface area contributed by atoms with Crippen LogP contribution in [0, 0.1) is 5.82 Å². The largest absolute Gasteiger partial charge is 0.453 e. The number of ether oxygens (including phenoxy) is 3. The predicted octanol–water partition coefficient (Wildman–Crippen LogP) is 5.39. The number of rotatable bonds is 9. The van der Waals surface area contributed by atoms with E-state index in [-0.39, 0.29) is 12.4 Å². The van der Waals surface area contributed by atoms with E-state index >= 15 is 0 Å². The maximum Gasteiger partial charge on any atom is 0.407 e. The maximum absolute atomic E-state index is 14.2. The Morgan fingerprint density at radius 2 is 2.00 bits per heavy atom. The molecule has 0 atom stereocenters. The van der Waals surface area contributed by atoms with Crippen molar-refractivity contribution < 1.29 is 23.4 Å². The summed E-state index contributed by atoms with van der Waals surface area (Å²) in [5, 5.41) is 2.62. The summed E-state index contributed by atoms with van der Waals surface area (Å²) >= 11 is 1.51. The van der Waals surface area contributed by atoms with Gasteiger partial charge >= 0.3 is 6.09 Å². The Labute approximate surface area is 200 Å². The molecule has 3 N–H and O–H groups in total. The van der Waals surface area contributed by atoms with E-state index in [1.54, 1.807) is 25.4 Å². The smallest absolute Gasteiger partial charge is 0.407 e. The highest BCUT2D eigenvalue weighted by molar-refractivity contribution is 7.22. The molecule has 1 amide bonds. The van der Waals surface area contributed by atoms with Gasteiger partial charge in [0.25, 0.3) is 0 Å². The third-order valence-corrected chi connectivity index (χ3v) is 6.15. The van der Waals surface area contributed by atoms with E-state index in [1.807, 2.05) is 24.3 Å². The summed E-state index contributed by atoms with van der Waals surface area (Å²) < 4.78 is 31.0. The Balaban J connectivity index is 1.47. The molecule has 0 bridgehead atoms. The maximum atomic E-state index is 14.2. The van der Waals surface area contributed by atoms with Crippen LogP contribution in [0.4, 0.5) is 14.9 Å². The fraction of sp³-hybridized carbons (Fsp3) is 0.200. The molecule has 0 radical (unpaired) electrons. The van der Waals surface area contributed by atoms with Gasteiger partial charge in [0, 0.05) is 49.0 Å². The van der Waals surface area contributed by atoms with Crippen molar-refractivity contribution in [3.05, 3.63) is 72.2 Å². The molecule has 2 heterocycles. The number of anilines is 1. The van der Waals surface area contributed by atoms with Crippen LogP contribution >= 0.6 is 11.3 Å². The van der Waals surface area contributed by atoms with Crippen molar-refractivity contribution in [3.8, 4) is 21.9 Å². The van der Waals surface area contributed by atoms with Gasteiger partial charge in [0.1, 0.15) is 5.75 Å². The third kappa shape index (κ3) is 5.81. The van der Waals surface area contributed by atoms with Crippen molar-refractivity contribution in [2.75, 3.05) is 32.6 Å². The molecule has 0 fully saturated rings. The summed E-state index contributed by atoms with van der Waals surface area (Å²) in [4.78, 5) is 17.1. The molecule has 0 aliphatic heterocycles. The van der Waals surface area contributed by atoms with Gasteiger partial charge < -0.3 is 25.3 Å². The second-order valence-electron chi connectivity index (χ2n) is 7.43. The monoisotopic (exact) mass is 481 g/mol. The van der Waals surface area contributed by atoms with E-state index in [1.165, 1.54) is 23.5 Å². The second-order valence-corrected chi connectivity index (χ2v) is 8.48. The highest BCUT2D eigenvalue weighted by Gasteiger charge is 2.13. The van der Waals surface area contributed by atoms with Crippen molar-refractivity contribution in [3.63, 3.8) is 0 Å². The first kappa shape index (κ1) is 23.5. The van der Waals surface area contributed by atoms with Crippen LogP contribution in [0.2, 0.25) is 0 Å². The minimum absolute atomic E-state index is 0.102. The van der Waals surface area contributed by atoms with E-state index in [9.17, 15) is 9.18 Å². The van der Waals surface area contributed by atoms with Crippen molar-refractivity contribution >= 4 is 33.3 Å². The molecule has 176 valence electrons. The molecule has 0 spiro atoms. The fourth-order valence-electron chi connectivity index (χ4n) is 3.30. The number of carbonyl (C=O) groups excluding carboxylic acids is 1. The number of aromatic nitrogens is 1. The number of nitrogens with two attached hydrogens (primary N) is 1. The lowest BCUT2D eigenvalue weighted by atomic mass is 10.1. The molecule has 0 saturated heterocycles. The summed E-state index contributed by atoms with van der Waals surface area (Å²) in [5.41, 5.74) is 8.76. The predicted molar refractivity (Wildman–Crippen MR) is 131 cm³/mol. The number of alkyl carbamates (subject to hydrolysis) is 1. The molecule has 0 aliphatic rings. The number of halogens is 1. The number of benzene rings is 2. The lowest BCUT2D eigenvalue weighted by molar-refractivity contribution is 0.140. The molecule has 9 heteroatoms. The minimum atomic E-state index is -0.524. The highest BCUT2D eigenvalue weighted by Crippen LogP contribution is 2.39. The average molecular weight is 482 g/mol. The van der Waals surface area contributed by atoms with Crippen LogP contribution < -0.4 is 15.8 Å². The summed E-state index contributed by atoms with van der Waals surface area (Å²) in [6, 6.07) is 16.0. The number of carbonyl (C=O) groups is 1. The summed E-state index contributed by atoms with van der Waals surface area (Å²) in [6.07, 6.45) is 1.75. The van der Waals surface area contributed by atoms with Gasteiger partial charge in [-0.25, -0.2) is 9.18 Å². The summed E-state index contributed by atoms with van der Waals surface area (Å²) in [5.74, 6) is 0.0999. The fourth-order valence-corrected chi connectivity index (χ4v) is 4.37. The topological polar surface area (TPSA) is 95.7 Å². The molecule has 7 nitrogen and oxygen atoms in total. The third-order valence-electron chi connectivity index (χ3n) is 4.96. The lowest BCUT2D eigenvalue weighted by Crippen LogP contribution is -2.28. The number of thiophene rings is 1. The van der Waals surface area contributed by atoms with Crippen molar-refractivity contribution in [2.24, 2.45) is 0 Å². The normalized spacial score (nSPS) is 10.9. The van der Waals surface area contributed by atoms with Crippen molar-refractivity contribution in [1.82, 2.24) is 10.3 Å². The van der Waals surface area contributed by atoms with E-state index in [0.717, 1.165) is 26.2 Å². The van der Waals surface area contributed by atoms with Gasteiger partial charge in [-0.05, 0) is 29.3 Å². The van der Waals surface area contributed by atoms with Gasteiger partial charge in [-0.2, -0.15) is 0 Å². The molecule has 0 unspecified atom stereocenters. The van der Waals surface area contributed by atoms with Crippen molar-refractivity contribution in [1.29, 1.82) is 0 Å². The van der Waals surface area contributed by atoms with Gasteiger partial charge in [-0.3, -0.25) is 4.98 Å². The minimum Gasteiger partial charge on any atom is -0.453 e. The second kappa shape index (κ2) is 11.0. The molecule has 2 aromatic heterocycles. The number of amides is 1. The number of pyridine rings is 1. The highest BCUT2D eigenvalue weighted by atomic mass is 32.1. The van der Waals surface area contributed by atoms with Crippen LogP contribution in [-0.4, -0.2) is 37.9 Å². The van der Waals surface area contributed by atoms with Gasteiger partial charge in [0.15, 0.2) is 11.6 Å². The van der Waals surface area contributed by atoms with E-state index in [2.05, 4.69) is 16.4 Å². The molecule has 4 rings (SSSR count). The Hall–Kier alpha value is -3.69. The molecule has 34 heavy (non-hydrogen) atoms. The zero-order valence-electron chi connectivity index (χ0n) is 18.5. The van der Waals surface area contributed by atoms with Crippen LogP contribution in [0.25, 0.3) is 20.7 Å². The first-order chi connectivity index (χ1) is 16.5. The van der Waals surface area contributed by atoms with E-state index < -0.39 is 11.9 Å². The molecular formula is C25H24FN3O4S. The summed E-state index contributed by atoms with van der Waals surface area (Å²) in [7, 11) is 1.57. The number of hydrogen-bond donors (Lipinski definition) is 2. The van der Waals surface area contributed by atoms with Gasteiger partial charge in [-0.15, -0.1) is 11.3 Å².